The average Bonchev–Trinajstić information content (AvgIpc) is 2.79. The van der Waals surface area contributed by atoms with Crippen molar-refractivity contribution < 1.29 is 26.1 Å². The van der Waals surface area contributed by atoms with Gasteiger partial charge in [0.15, 0.2) is 9.84 Å². The molecule has 0 radical (unpaired) electrons. The minimum atomic E-state index is -4.39. The maximum Gasteiger partial charge on any atom is 0.270 e. The van der Waals surface area contributed by atoms with E-state index in [-0.39, 0.29) is 44.7 Å². The molecular formula is C21H16ClFN4O6S2. The number of nitro groups is 1. The van der Waals surface area contributed by atoms with Crippen molar-refractivity contribution in [2.45, 2.75) is 16.2 Å². The first kappa shape index (κ1) is 24.6. The van der Waals surface area contributed by atoms with Crippen molar-refractivity contribution in [1.29, 1.82) is 0 Å². The Hall–Kier alpha value is -3.55. The van der Waals surface area contributed by atoms with Crippen LogP contribution in [-0.4, -0.2) is 33.2 Å². The van der Waals surface area contributed by atoms with Crippen molar-refractivity contribution in [2.75, 3.05) is 15.9 Å². The van der Waals surface area contributed by atoms with E-state index >= 15 is 0 Å². The van der Waals surface area contributed by atoms with E-state index in [2.05, 4.69) is 15.2 Å². The number of rotatable bonds is 6. The normalized spacial score (nSPS) is 15.9. The summed E-state index contributed by atoms with van der Waals surface area (Å²) in [6.07, 6.45) is -0.0568. The monoisotopic (exact) mass is 538 g/mol. The minimum Gasteiger partial charge on any atom is -0.278 e. The smallest absolute Gasteiger partial charge is 0.270 e. The summed E-state index contributed by atoms with van der Waals surface area (Å²) < 4.78 is 67.0. The molecule has 14 heteroatoms. The zero-order chi connectivity index (χ0) is 25.4. The number of anilines is 2. The first-order valence-corrected chi connectivity index (χ1v) is 13.4. The summed E-state index contributed by atoms with van der Waals surface area (Å²) in [7, 11) is -8.02. The molecule has 1 heterocycles. The van der Waals surface area contributed by atoms with Gasteiger partial charge in [0.25, 0.3) is 15.7 Å². The Bertz CT molecular complexity index is 1590. The molecule has 1 aliphatic rings. The van der Waals surface area contributed by atoms with E-state index in [1.807, 2.05) is 0 Å². The molecule has 2 N–H and O–H groups in total. The van der Waals surface area contributed by atoms with Crippen LogP contribution in [0.1, 0.15) is 12.0 Å². The Morgan fingerprint density at radius 1 is 1.06 bits per heavy atom. The van der Waals surface area contributed by atoms with E-state index < -0.39 is 41.2 Å². The number of halogens is 2. The highest BCUT2D eigenvalue weighted by Gasteiger charge is 2.29. The van der Waals surface area contributed by atoms with E-state index in [4.69, 9.17) is 11.6 Å². The van der Waals surface area contributed by atoms with Gasteiger partial charge in [-0.05, 0) is 36.4 Å². The van der Waals surface area contributed by atoms with Crippen LogP contribution in [0.3, 0.4) is 0 Å². The van der Waals surface area contributed by atoms with Crippen LogP contribution in [0.25, 0.3) is 0 Å². The van der Waals surface area contributed by atoms with Crippen molar-refractivity contribution in [3.05, 3.63) is 87.2 Å². The predicted octanol–water partition coefficient (Wildman–Crippen LogP) is 4.18. The first-order chi connectivity index (χ1) is 16.5. The molecule has 3 aromatic carbocycles. The Kier molecular flexibility index (Phi) is 6.49. The van der Waals surface area contributed by atoms with Crippen LogP contribution in [0.5, 0.6) is 0 Å². The number of nitro benzene ring substituents is 1. The summed E-state index contributed by atoms with van der Waals surface area (Å²) >= 11 is 6.03. The summed E-state index contributed by atoms with van der Waals surface area (Å²) in [5.74, 6) is -0.942. The van der Waals surface area contributed by atoms with Gasteiger partial charge in [-0.2, -0.15) is 5.10 Å². The molecule has 0 aliphatic carbocycles. The lowest BCUT2D eigenvalue weighted by Gasteiger charge is -2.19. The van der Waals surface area contributed by atoms with Crippen LogP contribution in [0.2, 0.25) is 5.02 Å². The molecule has 0 spiro atoms. The topological polar surface area (TPSA) is 148 Å². The Morgan fingerprint density at radius 3 is 2.51 bits per heavy atom. The van der Waals surface area contributed by atoms with E-state index in [1.165, 1.54) is 12.1 Å². The van der Waals surface area contributed by atoms with Gasteiger partial charge in [-0.25, -0.2) is 21.2 Å². The van der Waals surface area contributed by atoms with Gasteiger partial charge >= 0.3 is 0 Å². The molecule has 0 saturated heterocycles. The number of para-hydroxylation sites is 1. The van der Waals surface area contributed by atoms with Crippen LogP contribution in [-0.2, 0) is 19.9 Å². The summed E-state index contributed by atoms with van der Waals surface area (Å²) in [6.45, 7) is 0. The molecule has 0 unspecified atom stereocenters. The van der Waals surface area contributed by atoms with Crippen molar-refractivity contribution in [2.24, 2.45) is 5.10 Å². The second-order valence-electron chi connectivity index (χ2n) is 7.40. The Balaban J connectivity index is 1.76. The third kappa shape index (κ3) is 5.11. The molecule has 3 aromatic rings. The zero-order valence-corrected chi connectivity index (χ0v) is 20.0. The number of non-ortho nitro benzene ring substituents is 1. The molecule has 0 bridgehead atoms. The van der Waals surface area contributed by atoms with E-state index in [0.717, 1.165) is 36.4 Å². The van der Waals surface area contributed by atoms with Crippen molar-refractivity contribution in [3.8, 4) is 0 Å². The highest BCUT2D eigenvalue weighted by atomic mass is 35.5. The van der Waals surface area contributed by atoms with E-state index in [0.29, 0.717) is 0 Å². The van der Waals surface area contributed by atoms with Gasteiger partial charge in [-0.3, -0.25) is 20.3 Å². The van der Waals surface area contributed by atoms with Crippen LogP contribution in [0.15, 0.2) is 75.6 Å². The number of hydrazone groups is 1. The molecule has 0 saturated carbocycles. The van der Waals surface area contributed by atoms with Gasteiger partial charge in [0.05, 0.1) is 37.7 Å². The van der Waals surface area contributed by atoms with E-state index in [9.17, 15) is 31.3 Å². The molecule has 4 rings (SSSR count). The number of nitrogens with zero attached hydrogens (tertiary/aromatic N) is 2. The highest BCUT2D eigenvalue weighted by molar-refractivity contribution is 7.93. The Labute approximate surface area is 204 Å². The quantitative estimate of drug-likeness (QED) is 0.271. The Morgan fingerprint density at radius 2 is 1.80 bits per heavy atom. The molecule has 10 nitrogen and oxygen atoms in total. The SMILES string of the molecule is O=[N+]([O-])c1ccc(NN=C2CCS(=O)(=O)c3ccc(F)cc32)c(S(=O)(=O)Nc2ccccc2Cl)c1. The fraction of sp³-hybridized carbons (Fsp3) is 0.0952. The van der Waals surface area contributed by atoms with E-state index in [1.54, 1.807) is 12.1 Å². The number of nitrogens with one attached hydrogen (secondary N) is 2. The van der Waals surface area contributed by atoms with Crippen molar-refractivity contribution in [3.63, 3.8) is 0 Å². The van der Waals surface area contributed by atoms with Gasteiger partial charge < -0.3 is 0 Å². The van der Waals surface area contributed by atoms with Crippen LogP contribution >= 0.6 is 11.6 Å². The lowest BCUT2D eigenvalue weighted by atomic mass is 10.1. The maximum absolute atomic E-state index is 13.8. The van der Waals surface area contributed by atoms with Gasteiger partial charge in [0.2, 0.25) is 0 Å². The number of hydrogen-bond donors (Lipinski definition) is 2. The fourth-order valence-corrected chi connectivity index (χ4v) is 6.37. The van der Waals surface area contributed by atoms with Gasteiger partial charge in [0.1, 0.15) is 10.7 Å². The third-order valence-corrected chi connectivity index (χ3v) is 8.59. The van der Waals surface area contributed by atoms with Crippen LogP contribution in [0, 0.1) is 15.9 Å². The second-order valence-corrected chi connectivity index (χ2v) is 11.5. The number of sulfonamides is 1. The summed E-state index contributed by atoms with van der Waals surface area (Å²) in [6, 6.07) is 12.3. The number of benzene rings is 3. The maximum atomic E-state index is 13.8. The third-order valence-electron chi connectivity index (χ3n) is 5.09. The molecule has 182 valence electrons. The van der Waals surface area contributed by atoms with Gasteiger partial charge in [-0.1, -0.05) is 23.7 Å². The molecule has 0 atom stereocenters. The largest absolute Gasteiger partial charge is 0.278 e. The zero-order valence-electron chi connectivity index (χ0n) is 17.6. The molecule has 0 amide bonds. The van der Waals surface area contributed by atoms with Crippen LogP contribution < -0.4 is 10.1 Å². The van der Waals surface area contributed by atoms with Crippen molar-refractivity contribution >= 4 is 54.2 Å². The molecule has 0 aromatic heterocycles. The lowest BCUT2D eigenvalue weighted by molar-refractivity contribution is -0.385. The minimum absolute atomic E-state index is 0.0456. The lowest BCUT2D eigenvalue weighted by Crippen LogP contribution is -2.23. The highest BCUT2D eigenvalue weighted by Crippen LogP contribution is 2.31. The first-order valence-electron chi connectivity index (χ1n) is 9.89. The van der Waals surface area contributed by atoms with Crippen molar-refractivity contribution in [1.82, 2.24) is 0 Å². The summed E-state index contributed by atoms with van der Waals surface area (Å²) in [5.41, 5.74) is 2.20. The van der Waals surface area contributed by atoms with Gasteiger partial charge in [-0.15, -0.1) is 0 Å². The standard InChI is InChI=1S/C21H16ClFN4O6S2/c22-16-3-1-2-4-18(16)26-35(32,33)21-12-14(27(28)29)6-7-19(21)25-24-17-9-10-34(30,31)20-8-5-13(23)11-15(17)20/h1-8,11-12,25-26H,9-10H2. The molecule has 0 fully saturated rings. The molecule has 35 heavy (non-hydrogen) atoms. The summed E-state index contributed by atoms with van der Waals surface area (Å²) in [5, 5.41) is 15.5. The summed E-state index contributed by atoms with van der Waals surface area (Å²) in [4.78, 5) is 9.92. The fourth-order valence-electron chi connectivity index (χ4n) is 3.40. The van der Waals surface area contributed by atoms with Crippen LogP contribution in [0.4, 0.5) is 21.5 Å². The second kappa shape index (κ2) is 9.24. The molecule has 1 aliphatic heterocycles. The average molecular weight is 539 g/mol. The van der Waals surface area contributed by atoms with Gasteiger partial charge in [0, 0.05) is 24.1 Å². The number of sulfone groups is 1. The number of hydrogen-bond acceptors (Lipinski definition) is 8. The predicted molar refractivity (Wildman–Crippen MR) is 129 cm³/mol. The number of fused-ring (bicyclic) bond motifs is 1. The molecular weight excluding hydrogens is 523 g/mol.